The zero-order valence-corrected chi connectivity index (χ0v) is 16.7. The number of hydrogen-bond donors (Lipinski definition) is 3. The second-order valence-electron chi connectivity index (χ2n) is 7.65. The van der Waals surface area contributed by atoms with Crippen molar-refractivity contribution in [3.05, 3.63) is 87.7 Å². The van der Waals surface area contributed by atoms with E-state index in [1.807, 2.05) is 18.2 Å². The molecule has 1 aliphatic heterocycles. The predicted molar refractivity (Wildman–Crippen MR) is 111 cm³/mol. The fraction of sp³-hybridized carbons (Fsp3) is 0.136. The van der Waals surface area contributed by atoms with Crippen LogP contribution in [0, 0.1) is 5.82 Å². The van der Waals surface area contributed by atoms with Gasteiger partial charge in [0.25, 0.3) is 0 Å². The number of allylic oxidation sites excluding steroid dienone is 5. The number of aliphatic hydroxyl groups excluding tert-OH is 1. The molecule has 1 heterocycles. The predicted octanol–water partition coefficient (Wildman–Crippen LogP) is 2.16. The lowest BCUT2D eigenvalue weighted by atomic mass is 9.87. The van der Waals surface area contributed by atoms with E-state index in [4.69, 9.17) is 11.1 Å². The molecule has 0 unspecified atom stereocenters. The Labute approximate surface area is 163 Å². The van der Waals surface area contributed by atoms with Crippen LogP contribution < -0.4 is 16.3 Å². The fourth-order valence-corrected chi connectivity index (χ4v) is 7.17. The first-order valence-electron chi connectivity index (χ1n) is 9.01. The van der Waals surface area contributed by atoms with Crippen LogP contribution in [-0.2, 0) is 6.61 Å². The lowest BCUT2D eigenvalue weighted by Crippen LogP contribution is -2.51. The van der Waals surface area contributed by atoms with Crippen molar-refractivity contribution >= 4 is 30.2 Å². The van der Waals surface area contributed by atoms with E-state index in [9.17, 15) is 13.9 Å². The first kappa shape index (κ1) is 18.5. The Bertz CT molecular complexity index is 1130. The molecule has 3 nitrogen and oxygen atoms in total. The third-order valence-electron chi connectivity index (χ3n) is 5.62. The maximum Gasteiger partial charge on any atom is 0.232 e. The molecule has 0 saturated heterocycles. The van der Waals surface area contributed by atoms with Gasteiger partial charge in [-0.1, -0.05) is 37.4 Å². The molecule has 0 radical (unpaired) electrons. The minimum absolute atomic E-state index is 0.0904. The van der Waals surface area contributed by atoms with E-state index in [2.05, 4.69) is 13.1 Å². The minimum Gasteiger partial charge on any atom is -0.396 e. The van der Waals surface area contributed by atoms with Crippen molar-refractivity contribution in [2.75, 3.05) is 5.73 Å². The number of nitrogen functional groups attached to an aromatic ring is 1. The lowest BCUT2D eigenvalue weighted by Gasteiger charge is -2.38. The first-order valence-corrected chi connectivity index (χ1v) is 12.0. The smallest absolute Gasteiger partial charge is 0.232 e. The third-order valence-corrected chi connectivity index (χ3v) is 9.14. The van der Waals surface area contributed by atoms with Crippen LogP contribution in [0.25, 0.3) is 5.57 Å². The van der Waals surface area contributed by atoms with Crippen LogP contribution >= 0.6 is 0 Å². The number of halogens is 2. The summed E-state index contributed by atoms with van der Waals surface area (Å²) in [6.45, 7) is 4.06. The van der Waals surface area contributed by atoms with Crippen molar-refractivity contribution in [3.8, 4) is 0 Å². The van der Waals surface area contributed by atoms with Gasteiger partial charge in [0.05, 0.1) is 12.3 Å². The highest BCUT2D eigenvalue weighted by molar-refractivity contribution is 6.98. The summed E-state index contributed by atoms with van der Waals surface area (Å²) in [5.41, 5.74) is 9.58. The van der Waals surface area contributed by atoms with Gasteiger partial charge in [0.1, 0.15) is 13.9 Å². The van der Waals surface area contributed by atoms with Crippen LogP contribution in [0.2, 0.25) is 13.1 Å². The topological polar surface area (TPSA) is 71.8 Å². The van der Waals surface area contributed by atoms with Crippen molar-refractivity contribution in [2.24, 2.45) is 0 Å². The van der Waals surface area contributed by atoms with Crippen molar-refractivity contribution in [1.82, 2.24) is 0 Å². The Morgan fingerprint density at radius 1 is 1.07 bits per heavy atom. The maximum absolute atomic E-state index is 14.5. The summed E-state index contributed by atoms with van der Waals surface area (Å²) in [4.78, 5) is 0. The summed E-state index contributed by atoms with van der Waals surface area (Å²) in [5, 5.41) is 17.7. The van der Waals surface area contributed by atoms with Crippen molar-refractivity contribution in [3.63, 3.8) is 0 Å². The number of aliphatic hydroxyl groups is 1. The number of hydrogen-bond acceptors (Lipinski definition) is 2. The molecule has 4 rings (SSSR count). The number of anilines is 1. The van der Waals surface area contributed by atoms with E-state index in [0.717, 1.165) is 15.9 Å². The van der Waals surface area contributed by atoms with Crippen LogP contribution in [0.5, 0.6) is 0 Å². The number of benzene rings is 2. The molecule has 5 N–H and O–H groups in total. The Morgan fingerprint density at radius 2 is 1.79 bits per heavy atom. The van der Waals surface area contributed by atoms with Gasteiger partial charge in [-0.2, -0.15) is 4.39 Å². The largest absolute Gasteiger partial charge is 0.396 e. The third kappa shape index (κ3) is 2.60. The van der Waals surface area contributed by atoms with Gasteiger partial charge in [0, 0.05) is 6.08 Å². The van der Waals surface area contributed by atoms with Gasteiger partial charge in [0.15, 0.2) is 5.83 Å². The lowest BCUT2D eigenvalue weighted by molar-refractivity contribution is -0.112. The Morgan fingerprint density at radius 3 is 2.50 bits per heavy atom. The highest BCUT2D eigenvalue weighted by Gasteiger charge is 2.42. The Hall–Kier alpha value is -2.83. The van der Waals surface area contributed by atoms with Gasteiger partial charge < -0.3 is 10.8 Å². The molecule has 28 heavy (non-hydrogen) atoms. The van der Waals surface area contributed by atoms with E-state index < -0.39 is 19.7 Å². The SMILES string of the molecule is C[Si]1(C)C2=CC(=[NH2+])C(F)=CC2=C(c2ccccc2CO)c2cc(F)c(N)cc21. The molecule has 142 valence electrons. The number of nitrogens with two attached hydrogens (primary N) is 2. The zero-order valence-electron chi connectivity index (χ0n) is 15.7. The highest BCUT2D eigenvalue weighted by atomic mass is 28.3. The second-order valence-corrected chi connectivity index (χ2v) is 12.0. The van der Waals surface area contributed by atoms with Crippen LogP contribution in [0.15, 0.2) is 65.1 Å². The van der Waals surface area contributed by atoms with Gasteiger partial charge in [0.2, 0.25) is 5.71 Å². The Balaban J connectivity index is 2.18. The van der Waals surface area contributed by atoms with E-state index in [-0.39, 0.29) is 18.0 Å². The normalized spacial score (nSPS) is 17.7. The maximum atomic E-state index is 14.5. The molecule has 1 aliphatic carbocycles. The van der Waals surface area contributed by atoms with Crippen molar-refractivity contribution < 1.29 is 19.3 Å². The van der Waals surface area contributed by atoms with Gasteiger partial charge >= 0.3 is 0 Å². The number of rotatable bonds is 2. The van der Waals surface area contributed by atoms with Gasteiger partial charge in [-0.05, 0) is 56.4 Å². The van der Waals surface area contributed by atoms with Gasteiger partial charge in [-0.25, -0.2) is 4.39 Å². The van der Waals surface area contributed by atoms with Crippen molar-refractivity contribution in [2.45, 2.75) is 19.7 Å². The quantitative estimate of drug-likeness (QED) is 0.539. The summed E-state index contributed by atoms with van der Waals surface area (Å²) >= 11 is 0. The molecule has 2 aromatic rings. The first-order chi connectivity index (χ1) is 13.3. The van der Waals surface area contributed by atoms with Crippen LogP contribution in [0.1, 0.15) is 16.7 Å². The summed E-state index contributed by atoms with van der Waals surface area (Å²) < 4.78 is 29.0. The molecule has 0 saturated carbocycles. The average Bonchev–Trinajstić information content (AvgIpc) is 2.66. The minimum atomic E-state index is -2.32. The number of fused-ring (bicyclic) bond motifs is 2. The summed E-state index contributed by atoms with van der Waals surface area (Å²) in [6, 6.07) is 10.5. The molecule has 0 atom stereocenters. The van der Waals surface area contributed by atoms with E-state index >= 15 is 0 Å². The summed E-state index contributed by atoms with van der Waals surface area (Å²) in [5.74, 6) is -1.02. The summed E-state index contributed by atoms with van der Waals surface area (Å²) in [6.07, 6.45) is 3.13. The molecule has 2 aromatic carbocycles. The standard InChI is InChI=1S/C22H20F2N2OSi/c1-28(2)20-9-18(25)16(23)7-14(20)22(13-6-4-3-5-12(13)11-27)15-8-17(24)19(26)10-21(15)28/h3-10,25,27H,11,26H2,1-2H3/p+1. The average molecular weight is 396 g/mol. The van der Waals surface area contributed by atoms with E-state index in [1.165, 1.54) is 12.1 Å². The molecular formula is C22H21F2N2OSi+. The van der Waals surface area contributed by atoms with E-state index in [1.54, 1.807) is 18.2 Å². The molecule has 2 aliphatic rings. The molecule has 0 amide bonds. The zero-order chi connectivity index (χ0) is 20.2. The Kier molecular flexibility index (Phi) is 4.21. The van der Waals surface area contributed by atoms with Crippen LogP contribution in [0.4, 0.5) is 14.5 Å². The molecule has 0 fully saturated rings. The fourth-order valence-electron chi connectivity index (χ4n) is 4.11. The molecule has 0 aromatic heterocycles. The van der Waals surface area contributed by atoms with Crippen LogP contribution in [-0.4, -0.2) is 18.9 Å². The monoisotopic (exact) mass is 395 g/mol. The van der Waals surface area contributed by atoms with Gasteiger partial charge in [-0.15, -0.1) is 0 Å². The molecular weight excluding hydrogens is 374 g/mol. The highest BCUT2D eigenvalue weighted by Crippen LogP contribution is 2.43. The molecule has 0 bridgehead atoms. The van der Waals surface area contributed by atoms with Gasteiger partial charge in [-0.3, -0.25) is 5.41 Å². The second kappa shape index (κ2) is 6.36. The summed E-state index contributed by atoms with van der Waals surface area (Å²) in [7, 11) is -2.32. The van der Waals surface area contributed by atoms with E-state index in [0.29, 0.717) is 22.3 Å². The molecule has 0 spiro atoms. The van der Waals surface area contributed by atoms with Crippen molar-refractivity contribution in [1.29, 1.82) is 0 Å². The molecule has 6 heteroatoms. The van der Waals surface area contributed by atoms with Crippen LogP contribution in [0.3, 0.4) is 0 Å².